The van der Waals surface area contributed by atoms with E-state index in [9.17, 15) is 18.4 Å². The van der Waals surface area contributed by atoms with Crippen LogP contribution in [0.3, 0.4) is 0 Å². The lowest BCUT2D eigenvalue weighted by molar-refractivity contribution is 0.0927. The lowest BCUT2D eigenvalue weighted by Crippen LogP contribution is -2.24. The van der Waals surface area contributed by atoms with Crippen LogP contribution in [0.2, 0.25) is 0 Å². The molecule has 2 aromatic heterocycles. The van der Waals surface area contributed by atoms with Crippen LogP contribution in [0.15, 0.2) is 53.5 Å². The van der Waals surface area contributed by atoms with Crippen molar-refractivity contribution in [3.8, 4) is 5.75 Å². The maximum absolute atomic E-state index is 14.3. The van der Waals surface area contributed by atoms with Crippen LogP contribution in [0.25, 0.3) is 16.7 Å². The van der Waals surface area contributed by atoms with E-state index in [2.05, 4.69) is 5.32 Å². The highest BCUT2D eigenvalue weighted by atomic mass is 19.1. The van der Waals surface area contributed by atoms with Crippen molar-refractivity contribution in [1.82, 2.24) is 8.97 Å². The molecule has 31 heavy (non-hydrogen) atoms. The summed E-state index contributed by atoms with van der Waals surface area (Å²) in [5, 5.41) is 2.44. The standard InChI is InChI=1S/C22H19F2N3O4/c1-3-31-12-27-18-10-13(23)4-7-17(18)26-9-8-19(28)20(22(26)27)21(29)25-16-6-5-14(30-2)11-15(16)24/h4-11H,3,12H2,1-2H3,(H,25,29). The van der Waals surface area contributed by atoms with Crippen molar-refractivity contribution in [3.63, 3.8) is 0 Å². The number of hydrogen-bond acceptors (Lipinski definition) is 4. The second-order valence-corrected chi connectivity index (χ2v) is 6.73. The molecular weight excluding hydrogens is 408 g/mol. The molecule has 0 aliphatic carbocycles. The maximum Gasteiger partial charge on any atom is 0.263 e. The Bertz CT molecular complexity index is 1360. The monoisotopic (exact) mass is 427 g/mol. The number of nitrogens with zero attached hydrogens (tertiary/aromatic N) is 2. The molecule has 0 radical (unpaired) electrons. The normalized spacial score (nSPS) is 11.2. The molecule has 0 spiro atoms. The summed E-state index contributed by atoms with van der Waals surface area (Å²) in [4.78, 5) is 25.8. The summed E-state index contributed by atoms with van der Waals surface area (Å²) >= 11 is 0. The van der Waals surface area contributed by atoms with Crippen LogP contribution in [-0.4, -0.2) is 28.6 Å². The molecular formula is C22H19F2N3O4. The molecule has 4 rings (SSSR count). The highest BCUT2D eigenvalue weighted by molar-refractivity contribution is 6.09. The van der Waals surface area contributed by atoms with Crippen molar-refractivity contribution in [3.05, 3.63) is 76.1 Å². The molecule has 0 saturated carbocycles. The van der Waals surface area contributed by atoms with Crippen molar-refractivity contribution >= 4 is 28.3 Å². The second-order valence-electron chi connectivity index (χ2n) is 6.73. The fraction of sp³-hybridized carbons (Fsp3) is 0.182. The van der Waals surface area contributed by atoms with E-state index < -0.39 is 23.0 Å². The van der Waals surface area contributed by atoms with Crippen molar-refractivity contribution < 1.29 is 23.0 Å². The number of halogens is 2. The number of fused-ring (bicyclic) bond motifs is 3. The van der Waals surface area contributed by atoms with Gasteiger partial charge in [0.25, 0.3) is 5.91 Å². The number of aromatic nitrogens is 2. The Labute approximate surface area is 175 Å². The number of pyridine rings is 1. The number of imidazole rings is 1. The topological polar surface area (TPSA) is 74.0 Å². The lowest BCUT2D eigenvalue weighted by atomic mass is 10.2. The van der Waals surface area contributed by atoms with E-state index in [0.717, 1.165) is 6.07 Å². The first-order valence-corrected chi connectivity index (χ1v) is 9.50. The quantitative estimate of drug-likeness (QED) is 0.508. The van der Waals surface area contributed by atoms with Gasteiger partial charge >= 0.3 is 0 Å². The molecule has 0 saturated heterocycles. The highest BCUT2D eigenvalue weighted by Gasteiger charge is 2.22. The minimum Gasteiger partial charge on any atom is -0.497 e. The Kier molecular flexibility index (Phi) is 5.43. The Hall–Kier alpha value is -3.72. The van der Waals surface area contributed by atoms with Crippen LogP contribution in [-0.2, 0) is 11.5 Å². The first-order chi connectivity index (χ1) is 14.9. The lowest BCUT2D eigenvalue weighted by Gasteiger charge is -2.11. The minimum atomic E-state index is -0.798. The summed E-state index contributed by atoms with van der Waals surface area (Å²) in [5.74, 6) is -1.69. The average Bonchev–Trinajstić information content (AvgIpc) is 3.05. The van der Waals surface area contributed by atoms with E-state index in [1.54, 1.807) is 22.0 Å². The molecule has 0 fully saturated rings. The number of methoxy groups -OCH3 is 1. The number of nitrogens with one attached hydrogen (secondary N) is 1. The van der Waals surface area contributed by atoms with Crippen molar-refractivity contribution in [1.29, 1.82) is 0 Å². The van der Waals surface area contributed by atoms with Crippen molar-refractivity contribution in [2.75, 3.05) is 19.0 Å². The van der Waals surface area contributed by atoms with Gasteiger partial charge in [-0.15, -0.1) is 0 Å². The number of rotatable bonds is 6. The Morgan fingerprint density at radius 3 is 2.61 bits per heavy atom. The maximum atomic E-state index is 14.3. The van der Waals surface area contributed by atoms with Gasteiger partial charge in [0.05, 0.1) is 23.8 Å². The van der Waals surface area contributed by atoms with Crippen LogP contribution in [0.5, 0.6) is 5.75 Å². The van der Waals surface area contributed by atoms with Crippen molar-refractivity contribution in [2.24, 2.45) is 0 Å². The van der Waals surface area contributed by atoms with Gasteiger partial charge in [-0.3, -0.25) is 9.59 Å². The summed E-state index contributed by atoms with van der Waals surface area (Å²) in [6, 6.07) is 9.33. The number of carbonyl (C=O) groups excluding carboxylic acids is 1. The summed E-state index contributed by atoms with van der Waals surface area (Å²) in [5.41, 5.74) is 0.365. The predicted molar refractivity (Wildman–Crippen MR) is 112 cm³/mol. The number of benzene rings is 2. The Balaban J connectivity index is 1.91. The van der Waals surface area contributed by atoms with E-state index in [4.69, 9.17) is 9.47 Å². The Morgan fingerprint density at radius 1 is 1.10 bits per heavy atom. The molecule has 0 aliphatic heterocycles. The number of hydrogen-bond donors (Lipinski definition) is 1. The summed E-state index contributed by atoms with van der Waals surface area (Å²) in [7, 11) is 1.40. The molecule has 0 unspecified atom stereocenters. The molecule has 1 N–H and O–H groups in total. The first-order valence-electron chi connectivity index (χ1n) is 9.50. The molecule has 2 heterocycles. The highest BCUT2D eigenvalue weighted by Crippen LogP contribution is 2.25. The number of amides is 1. The molecule has 1 amide bonds. The smallest absolute Gasteiger partial charge is 0.263 e. The SMILES string of the molecule is CCOCn1c2cc(F)ccc2n2ccc(=O)c(C(=O)Nc3ccc(OC)cc3F)c12. The fourth-order valence-electron chi connectivity index (χ4n) is 3.45. The van der Waals surface area contributed by atoms with Crippen molar-refractivity contribution in [2.45, 2.75) is 13.7 Å². The zero-order valence-electron chi connectivity index (χ0n) is 16.8. The minimum absolute atomic E-state index is 0.00637. The summed E-state index contributed by atoms with van der Waals surface area (Å²) in [6.45, 7) is 2.16. The predicted octanol–water partition coefficient (Wildman–Crippen LogP) is 3.79. The average molecular weight is 427 g/mol. The van der Waals surface area contributed by atoms with Gasteiger partial charge in [0, 0.05) is 24.9 Å². The van der Waals surface area contributed by atoms with Gasteiger partial charge in [-0.2, -0.15) is 0 Å². The molecule has 2 aromatic carbocycles. The van der Waals surface area contributed by atoms with Gasteiger partial charge < -0.3 is 23.8 Å². The largest absolute Gasteiger partial charge is 0.497 e. The third-order valence-corrected chi connectivity index (χ3v) is 4.89. The van der Waals surface area contributed by atoms with Gasteiger partial charge in [-0.05, 0) is 37.3 Å². The first kappa shape index (κ1) is 20.5. The number of carbonyl (C=O) groups is 1. The van der Waals surface area contributed by atoms with Gasteiger partial charge in [-0.1, -0.05) is 0 Å². The van der Waals surface area contributed by atoms with E-state index in [1.807, 2.05) is 0 Å². The summed E-state index contributed by atoms with van der Waals surface area (Å²) in [6.07, 6.45) is 1.51. The van der Waals surface area contributed by atoms with Crippen LogP contribution in [0.1, 0.15) is 17.3 Å². The Morgan fingerprint density at radius 2 is 1.90 bits per heavy atom. The molecule has 4 aromatic rings. The number of anilines is 1. The van der Waals surface area contributed by atoms with E-state index in [-0.39, 0.29) is 29.4 Å². The van der Waals surface area contributed by atoms with E-state index in [0.29, 0.717) is 17.6 Å². The third kappa shape index (κ3) is 3.64. The van der Waals surface area contributed by atoms with E-state index >= 15 is 0 Å². The van der Waals surface area contributed by atoms with Crippen LogP contribution >= 0.6 is 0 Å². The molecule has 0 atom stereocenters. The van der Waals surface area contributed by atoms with Gasteiger partial charge in [-0.25, -0.2) is 8.78 Å². The summed E-state index contributed by atoms with van der Waals surface area (Å²) < 4.78 is 41.9. The van der Waals surface area contributed by atoms with Crippen LogP contribution in [0, 0.1) is 11.6 Å². The molecule has 0 bridgehead atoms. The van der Waals surface area contributed by atoms with Gasteiger partial charge in [0.15, 0.2) is 5.43 Å². The van der Waals surface area contributed by atoms with E-state index in [1.165, 1.54) is 43.6 Å². The molecule has 9 heteroatoms. The number of ether oxygens (including phenoxy) is 2. The van der Waals surface area contributed by atoms with Gasteiger partial charge in [0.2, 0.25) is 0 Å². The molecule has 7 nitrogen and oxygen atoms in total. The molecule has 160 valence electrons. The third-order valence-electron chi connectivity index (χ3n) is 4.89. The second kappa shape index (κ2) is 8.19. The fourth-order valence-corrected chi connectivity index (χ4v) is 3.45. The zero-order chi connectivity index (χ0) is 22.1. The van der Waals surface area contributed by atoms with Crippen LogP contribution in [0.4, 0.5) is 14.5 Å². The van der Waals surface area contributed by atoms with Gasteiger partial charge in [0.1, 0.15) is 35.3 Å². The molecule has 0 aliphatic rings. The zero-order valence-corrected chi connectivity index (χ0v) is 16.8. The van der Waals surface area contributed by atoms with Crippen LogP contribution < -0.4 is 15.5 Å².